The standard InChI is InChI=1S/C14H18O4/c1-14(2,3)10-5-4-6-11(9-10)18-13(17)8-7-12(15)16/h4-6,9H,7-8H2,1-3H3,(H,15,16). The van der Waals surface area contributed by atoms with E-state index in [1.54, 1.807) is 12.1 Å². The van der Waals surface area contributed by atoms with E-state index in [1.165, 1.54) is 0 Å². The molecule has 0 saturated heterocycles. The number of aliphatic carboxylic acids is 1. The molecule has 0 amide bonds. The van der Waals surface area contributed by atoms with Crippen LogP contribution in [-0.4, -0.2) is 17.0 Å². The van der Waals surface area contributed by atoms with Crippen LogP contribution >= 0.6 is 0 Å². The monoisotopic (exact) mass is 250 g/mol. The first-order valence-corrected chi connectivity index (χ1v) is 5.82. The van der Waals surface area contributed by atoms with Gasteiger partial charge in [0.2, 0.25) is 0 Å². The average Bonchev–Trinajstić information content (AvgIpc) is 2.25. The van der Waals surface area contributed by atoms with Crippen LogP contribution in [0.3, 0.4) is 0 Å². The van der Waals surface area contributed by atoms with Gasteiger partial charge in [-0.25, -0.2) is 0 Å². The van der Waals surface area contributed by atoms with Crippen molar-refractivity contribution >= 4 is 11.9 Å². The van der Waals surface area contributed by atoms with E-state index in [0.717, 1.165) is 5.56 Å². The molecule has 1 rings (SSSR count). The second kappa shape index (κ2) is 5.67. The van der Waals surface area contributed by atoms with Crippen LogP contribution in [0.15, 0.2) is 24.3 Å². The van der Waals surface area contributed by atoms with E-state index < -0.39 is 11.9 Å². The second-order valence-corrected chi connectivity index (χ2v) is 5.15. The minimum Gasteiger partial charge on any atom is -0.481 e. The molecule has 1 aromatic carbocycles. The molecule has 4 heteroatoms. The fourth-order valence-corrected chi connectivity index (χ4v) is 1.42. The lowest BCUT2D eigenvalue weighted by Crippen LogP contribution is -2.13. The maximum absolute atomic E-state index is 11.4. The minimum absolute atomic E-state index is 0.0243. The molecule has 0 radical (unpaired) electrons. The first-order chi connectivity index (χ1) is 8.29. The Bertz CT molecular complexity index is 443. The molecule has 0 aromatic heterocycles. The highest BCUT2D eigenvalue weighted by atomic mass is 16.5. The fourth-order valence-electron chi connectivity index (χ4n) is 1.42. The predicted molar refractivity (Wildman–Crippen MR) is 67.6 cm³/mol. The lowest BCUT2D eigenvalue weighted by Gasteiger charge is -2.19. The number of carboxylic acid groups (broad SMARTS) is 1. The molecule has 98 valence electrons. The molecule has 0 saturated carbocycles. The predicted octanol–water partition coefficient (Wildman–Crippen LogP) is 2.75. The zero-order valence-electron chi connectivity index (χ0n) is 10.9. The van der Waals surface area contributed by atoms with Crippen LogP contribution < -0.4 is 4.74 Å². The molecule has 4 nitrogen and oxygen atoms in total. The molecular formula is C14H18O4. The molecule has 0 atom stereocenters. The summed E-state index contributed by atoms with van der Waals surface area (Å²) in [6.07, 6.45) is -0.327. The van der Waals surface area contributed by atoms with Crippen molar-refractivity contribution in [3.63, 3.8) is 0 Å². The minimum atomic E-state index is -1.00. The van der Waals surface area contributed by atoms with Gasteiger partial charge in [0.15, 0.2) is 0 Å². The van der Waals surface area contributed by atoms with Crippen molar-refractivity contribution in [1.82, 2.24) is 0 Å². The Balaban J connectivity index is 2.68. The third-order valence-electron chi connectivity index (χ3n) is 2.47. The van der Waals surface area contributed by atoms with Crippen molar-refractivity contribution in [3.05, 3.63) is 29.8 Å². The highest BCUT2D eigenvalue weighted by molar-refractivity contribution is 5.78. The maximum Gasteiger partial charge on any atom is 0.311 e. The summed E-state index contributed by atoms with van der Waals surface area (Å²) in [6, 6.07) is 7.28. The van der Waals surface area contributed by atoms with Crippen LogP contribution in [0.25, 0.3) is 0 Å². The summed E-state index contributed by atoms with van der Waals surface area (Å²) < 4.78 is 5.10. The third-order valence-corrected chi connectivity index (χ3v) is 2.47. The summed E-state index contributed by atoms with van der Waals surface area (Å²) in [5.74, 6) is -1.07. The van der Waals surface area contributed by atoms with Gasteiger partial charge in [-0.05, 0) is 23.1 Å². The lowest BCUT2D eigenvalue weighted by atomic mass is 9.87. The highest BCUT2D eigenvalue weighted by Crippen LogP contribution is 2.25. The Morgan fingerprint density at radius 3 is 2.44 bits per heavy atom. The van der Waals surface area contributed by atoms with Gasteiger partial charge in [-0.1, -0.05) is 32.9 Å². The molecular weight excluding hydrogens is 232 g/mol. The van der Waals surface area contributed by atoms with E-state index in [9.17, 15) is 9.59 Å². The molecule has 0 aliphatic rings. The van der Waals surface area contributed by atoms with E-state index in [1.807, 2.05) is 12.1 Å². The Hall–Kier alpha value is -1.84. The van der Waals surface area contributed by atoms with Gasteiger partial charge in [0.1, 0.15) is 5.75 Å². The average molecular weight is 250 g/mol. The van der Waals surface area contributed by atoms with Gasteiger partial charge in [0.25, 0.3) is 0 Å². The van der Waals surface area contributed by atoms with Gasteiger partial charge in [0, 0.05) is 0 Å². The summed E-state index contributed by atoms with van der Waals surface area (Å²) in [5, 5.41) is 8.47. The first kappa shape index (κ1) is 14.2. The summed E-state index contributed by atoms with van der Waals surface area (Å²) >= 11 is 0. The van der Waals surface area contributed by atoms with Crippen LogP contribution in [-0.2, 0) is 15.0 Å². The van der Waals surface area contributed by atoms with E-state index in [2.05, 4.69) is 20.8 Å². The number of carbonyl (C=O) groups excluding carboxylic acids is 1. The second-order valence-electron chi connectivity index (χ2n) is 5.15. The molecule has 1 aromatic rings. The summed E-state index contributed by atoms with van der Waals surface area (Å²) in [5.41, 5.74) is 1.04. The van der Waals surface area contributed by atoms with Gasteiger partial charge < -0.3 is 9.84 Å². The molecule has 0 unspecified atom stereocenters. The number of rotatable bonds is 4. The number of carbonyl (C=O) groups is 2. The topological polar surface area (TPSA) is 63.6 Å². The molecule has 0 fully saturated rings. The SMILES string of the molecule is CC(C)(C)c1cccc(OC(=O)CCC(=O)O)c1. The third kappa shape index (κ3) is 4.57. The van der Waals surface area contributed by atoms with Crippen LogP contribution in [0.1, 0.15) is 39.2 Å². The highest BCUT2D eigenvalue weighted by Gasteiger charge is 2.15. The first-order valence-electron chi connectivity index (χ1n) is 5.82. The maximum atomic E-state index is 11.4. The van der Waals surface area contributed by atoms with Crippen molar-refractivity contribution in [3.8, 4) is 5.75 Å². The molecule has 18 heavy (non-hydrogen) atoms. The van der Waals surface area contributed by atoms with Gasteiger partial charge in [-0.2, -0.15) is 0 Å². The quantitative estimate of drug-likeness (QED) is 0.659. The molecule has 0 aliphatic carbocycles. The molecule has 0 aliphatic heterocycles. The van der Waals surface area contributed by atoms with Crippen molar-refractivity contribution in [1.29, 1.82) is 0 Å². The Kier molecular flexibility index (Phi) is 4.48. The van der Waals surface area contributed by atoms with Crippen LogP contribution in [0.5, 0.6) is 5.75 Å². The Morgan fingerprint density at radius 1 is 1.22 bits per heavy atom. The van der Waals surface area contributed by atoms with E-state index in [0.29, 0.717) is 5.75 Å². The number of hydrogen-bond donors (Lipinski definition) is 1. The normalized spacial score (nSPS) is 11.1. The summed E-state index contributed by atoms with van der Waals surface area (Å²) in [4.78, 5) is 21.7. The number of benzene rings is 1. The largest absolute Gasteiger partial charge is 0.481 e. The van der Waals surface area contributed by atoms with Gasteiger partial charge >= 0.3 is 11.9 Å². The summed E-state index contributed by atoms with van der Waals surface area (Å²) in [6.45, 7) is 6.20. The number of esters is 1. The Labute approximate surface area is 107 Å². The zero-order chi connectivity index (χ0) is 13.8. The zero-order valence-corrected chi connectivity index (χ0v) is 10.9. The van der Waals surface area contributed by atoms with Crippen molar-refractivity contribution < 1.29 is 19.4 Å². The van der Waals surface area contributed by atoms with E-state index in [-0.39, 0.29) is 18.3 Å². The van der Waals surface area contributed by atoms with Gasteiger partial charge in [-0.3, -0.25) is 9.59 Å². The van der Waals surface area contributed by atoms with Crippen LogP contribution in [0.4, 0.5) is 0 Å². The summed E-state index contributed by atoms with van der Waals surface area (Å²) in [7, 11) is 0. The van der Waals surface area contributed by atoms with Gasteiger partial charge in [0.05, 0.1) is 12.8 Å². The molecule has 0 bridgehead atoms. The number of hydrogen-bond acceptors (Lipinski definition) is 3. The molecule has 0 heterocycles. The van der Waals surface area contributed by atoms with Crippen molar-refractivity contribution in [2.75, 3.05) is 0 Å². The van der Waals surface area contributed by atoms with Crippen LogP contribution in [0.2, 0.25) is 0 Å². The number of ether oxygens (including phenoxy) is 1. The molecule has 0 spiro atoms. The fraction of sp³-hybridized carbons (Fsp3) is 0.429. The Morgan fingerprint density at radius 2 is 1.89 bits per heavy atom. The van der Waals surface area contributed by atoms with Gasteiger partial charge in [-0.15, -0.1) is 0 Å². The van der Waals surface area contributed by atoms with Crippen molar-refractivity contribution in [2.24, 2.45) is 0 Å². The smallest absolute Gasteiger partial charge is 0.311 e. The lowest BCUT2D eigenvalue weighted by molar-refractivity contribution is -0.142. The van der Waals surface area contributed by atoms with E-state index >= 15 is 0 Å². The number of carboxylic acids is 1. The van der Waals surface area contributed by atoms with Crippen molar-refractivity contribution in [2.45, 2.75) is 39.0 Å². The van der Waals surface area contributed by atoms with E-state index in [4.69, 9.17) is 9.84 Å². The van der Waals surface area contributed by atoms with Crippen LogP contribution in [0, 0.1) is 0 Å². The molecule has 1 N–H and O–H groups in total.